The van der Waals surface area contributed by atoms with Crippen molar-refractivity contribution in [1.82, 2.24) is 5.32 Å². The maximum absolute atomic E-state index is 13.7. The molecule has 3 unspecified atom stereocenters. The molecule has 0 aliphatic carbocycles. The lowest BCUT2D eigenvalue weighted by Gasteiger charge is -2.27. The molecule has 512 valence electrons. The van der Waals surface area contributed by atoms with Crippen molar-refractivity contribution in [3.05, 3.63) is 48.6 Å². The van der Waals surface area contributed by atoms with Gasteiger partial charge in [0.05, 0.1) is 33.8 Å². The van der Waals surface area contributed by atoms with E-state index in [1.54, 1.807) is 0 Å². The average molecular weight is 1250 g/mol. The van der Waals surface area contributed by atoms with Gasteiger partial charge < -0.3 is 19.4 Å². The zero-order valence-electron chi connectivity index (χ0n) is 58.8. The number of esters is 1. The molecule has 0 radical (unpaired) electrons. The van der Waals surface area contributed by atoms with E-state index in [0.29, 0.717) is 17.4 Å². The normalized spacial score (nSPS) is 13.7. The van der Waals surface area contributed by atoms with Crippen LogP contribution in [0.15, 0.2) is 48.6 Å². The first-order chi connectivity index (χ1) is 42.4. The first-order valence-corrected chi connectivity index (χ1v) is 39.5. The number of ether oxygens (including phenoxy) is 1. The number of phosphoric ester groups is 1. The Kier molecular flexibility index (Phi) is 65.3. The molecule has 1 amide bonds. The van der Waals surface area contributed by atoms with E-state index in [-0.39, 0.29) is 31.5 Å². The molecule has 0 aliphatic rings. The average Bonchev–Trinajstić information content (AvgIpc) is 3.70. The van der Waals surface area contributed by atoms with Crippen LogP contribution in [0.3, 0.4) is 0 Å². The molecule has 0 aromatic rings. The maximum Gasteiger partial charge on any atom is 0.472 e. The number of carbonyl (C=O) groups excluding carboxylic acids is 2. The number of phosphoric acid groups is 1. The summed E-state index contributed by atoms with van der Waals surface area (Å²) in [6.45, 7) is 7.05. The number of likely N-dealkylation sites (N-methyl/N-ethyl adjacent to an activating group) is 1. The van der Waals surface area contributed by atoms with Crippen LogP contribution < -0.4 is 5.32 Å². The van der Waals surface area contributed by atoms with Gasteiger partial charge in [-0.1, -0.05) is 346 Å². The fourth-order valence-corrected chi connectivity index (χ4v) is 12.2. The van der Waals surface area contributed by atoms with E-state index >= 15 is 0 Å². The summed E-state index contributed by atoms with van der Waals surface area (Å²) in [6, 6.07) is -0.849. The Bertz CT molecular complexity index is 1620. The number of allylic oxidation sites excluding steroid dienone is 7. The lowest BCUT2D eigenvalue weighted by Crippen LogP contribution is -2.47. The molecular formula is C77H148N2O7P+. The van der Waals surface area contributed by atoms with E-state index in [1.807, 2.05) is 27.2 Å². The molecule has 0 aromatic heterocycles. The minimum Gasteiger partial charge on any atom is -0.456 e. The topological polar surface area (TPSA) is 111 Å². The Hall–Kier alpha value is -2.03. The first kappa shape index (κ1) is 85.0. The summed E-state index contributed by atoms with van der Waals surface area (Å²) in [5.41, 5.74) is 0. The van der Waals surface area contributed by atoms with Crippen LogP contribution in [0.2, 0.25) is 0 Å². The van der Waals surface area contributed by atoms with Gasteiger partial charge in [0, 0.05) is 12.8 Å². The molecule has 10 heteroatoms. The van der Waals surface area contributed by atoms with Crippen molar-refractivity contribution in [3.8, 4) is 0 Å². The molecule has 87 heavy (non-hydrogen) atoms. The summed E-state index contributed by atoms with van der Waals surface area (Å²) in [6.07, 6.45) is 85.6. The highest BCUT2D eigenvalue weighted by molar-refractivity contribution is 7.47. The smallest absolute Gasteiger partial charge is 0.456 e. The van der Waals surface area contributed by atoms with Crippen LogP contribution >= 0.6 is 7.82 Å². The van der Waals surface area contributed by atoms with E-state index in [2.05, 4.69) is 68.6 Å². The van der Waals surface area contributed by atoms with Gasteiger partial charge in [-0.2, -0.15) is 0 Å². The van der Waals surface area contributed by atoms with Gasteiger partial charge >= 0.3 is 13.8 Å². The van der Waals surface area contributed by atoms with E-state index < -0.39 is 20.0 Å². The van der Waals surface area contributed by atoms with Gasteiger partial charge in [-0.25, -0.2) is 4.57 Å². The molecule has 0 bridgehead atoms. The van der Waals surface area contributed by atoms with Crippen molar-refractivity contribution in [2.24, 2.45) is 0 Å². The fourth-order valence-electron chi connectivity index (χ4n) is 11.4. The molecule has 0 aliphatic heterocycles. The standard InChI is InChI=1S/C77H147N2O7P/c1-7-10-13-16-19-22-25-28-30-32-34-36-38-39-41-42-44-46-48-51-54-57-60-63-66-69-76(80)78-74(73-85-87(82,83)84-72-71-79(4,5)6)75(68-65-62-59-56-53-50-27-24-21-18-15-12-9-3)86-77(81)70-67-64-61-58-55-52-49-47-45-43-40-37-35-33-31-29-26-23-20-17-14-11-8-2/h20,23,29,31,35,37,65,68,74-75H,7-19,21-22,24-28,30,32-34,36,38-64,66-67,69-73H2,1-6H3,(H-,78,80,82,83)/p+1/b23-20-,31-29-,37-35-,68-65+. The largest absolute Gasteiger partial charge is 0.472 e. The molecular weight excluding hydrogens is 1100 g/mol. The number of hydrogen-bond donors (Lipinski definition) is 2. The Morgan fingerprint density at radius 1 is 0.402 bits per heavy atom. The fraction of sp³-hybridized carbons (Fsp3) is 0.870. The zero-order valence-corrected chi connectivity index (χ0v) is 59.7. The van der Waals surface area contributed by atoms with E-state index in [1.165, 1.54) is 276 Å². The van der Waals surface area contributed by atoms with Crippen molar-refractivity contribution < 1.29 is 37.3 Å². The van der Waals surface area contributed by atoms with Gasteiger partial charge in [-0.15, -0.1) is 0 Å². The highest BCUT2D eigenvalue weighted by Gasteiger charge is 2.30. The highest BCUT2D eigenvalue weighted by atomic mass is 31.2. The molecule has 0 saturated heterocycles. The third kappa shape index (κ3) is 68.2. The molecule has 2 N–H and O–H groups in total. The SMILES string of the molecule is CCCCC/C=C\C/C=C\C/C=C\CCCCCCCCCCCCC(=O)OC(/C=C/CCCCCCCCCCCCC)C(COP(=O)(O)OCC[N+](C)(C)C)NC(=O)CCCCCCCCCCCCCCCCCCCCCCCCCCC. The summed E-state index contributed by atoms with van der Waals surface area (Å²) in [7, 11) is 1.51. The number of unbranched alkanes of at least 4 members (excludes halogenated alkanes) is 48. The van der Waals surface area contributed by atoms with Gasteiger partial charge in [0.15, 0.2) is 0 Å². The molecule has 0 heterocycles. The Labute approximate surface area is 541 Å². The minimum atomic E-state index is -4.46. The third-order valence-corrected chi connectivity index (χ3v) is 18.3. The van der Waals surface area contributed by atoms with Gasteiger partial charge in [-0.3, -0.25) is 18.6 Å². The van der Waals surface area contributed by atoms with E-state index in [0.717, 1.165) is 70.6 Å². The van der Waals surface area contributed by atoms with Crippen molar-refractivity contribution in [3.63, 3.8) is 0 Å². The summed E-state index contributed by atoms with van der Waals surface area (Å²) in [5.74, 6) is -0.489. The number of nitrogens with one attached hydrogen (secondary N) is 1. The molecule has 0 rings (SSSR count). The molecule has 3 atom stereocenters. The van der Waals surface area contributed by atoms with Gasteiger partial charge in [0.1, 0.15) is 19.3 Å². The summed E-state index contributed by atoms with van der Waals surface area (Å²) in [5, 5.41) is 3.08. The lowest BCUT2D eigenvalue weighted by atomic mass is 10.0. The summed E-state index contributed by atoms with van der Waals surface area (Å²) >= 11 is 0. The quantitative estimate of drug-likeness (QED) is 0.0205. The molecule has 0 aromatic carbocycles. The Morgan fingerprint density at radius 3 is 1.07 bits per heavy atom. The molecule has 9 nitrogen and oxygen atoms in total. The van der Waals surface area contributed by atoms with Crippen molar-refractivity contribution in [2.45, 2.75) is 392 Å². The molecule has 0 spiro atoms. The number of quaternary nitrogens is 1. The second-order valence-corrected chi connectivity index (χ2v) is 28.6. The van der Waals surface area contributed by atoms with Gasteiger partial charge in [0.25, 0.3) is 0 Å². The number of carbonyl (C=O) groups is 2. The predicted molar refractivity (Wildman–Crippen MR) is 379 cm³/mol. The van der Waals surface area contributed by atoms with Crippen LogP contribution in [0.25, 0.3) is 0 Å². The second kappa shape index (κ2) is 66.9. The number of amides is 1. The van der Waals surface area contributed by atoms with Crippen LogP contribution in [0.5, 0.6) is 0 Å². The van der Waals surface area contributed by atoms with Crippen molar-refractivity contribution in [2.75, 3.05) is 40.9 Å². The monoisotopic (exact) mass is 1240 g/mol. The van der Waals surface area contributed by atoms with Crippen LogP contribution in [0.4, 0.5) is 0 Å². The summed E-state index contributed by atoms with van der Waals surface area (Å²) < 4.78 is 30.9. The number of hydrogen-bond acceptors (Lipinski definition) is 6. The molecule has 0 fully saturated rings. The van der Waals surface area contributed by atoms with E-state index in [4.69, 9.17) is 13.8 Å². The Morgan fingerprint density at radius 2 is 0.701 bits per heavy atom. The van der Waals surface area contributed by atoms with Gasteiger partial charge in [-0.05, 0) is 70.3 Å². The van der Waals surface area contributed by atoms with Crippen LogP contribution in [-0.4, -0.2) is 74.3 Å². The lowest BCUT2D eigenvalue weighted by molar-refractivity contribution is -0.870. The second-order valence-electron chi connectivity index (χ2n) is 27.2. The third-order valence-electron chi connectivity index (χ3n) is 17.3. The van der Waals surface area contributed by atoms with Crippen LogP contribution in [-0.2, 0) is 27.9 Å². The zero-order chi connectivity index (χ0) is 63.5. The maximum atomic E-state index is 13.7. The predicted octanol–water partition coefficient (Wildman–Crippen LogP) is 24.4. The van der Waals surface area contributed by atoms with Crippen molar-refractivity contribution >= 4 is 19.7 Å². The number of nitrogens with zero attached hydrogens (tertiary/aromatic N) is 1. The minimum absolute atomic E-state index is 0.0416. The summed E-state index contributed by atoms with van der Waals surface area (Å²) in [4.78, 5) is 38.0. The van der Waals surface area contributed by atoms with Crippen LogP contribution in [0.1, 0.15) is 380 Å². The number of rotatable bonds is 70. The van der Waals surface area contributed by atoms with Crippen molar-refractivity contribution in [1.29, 1.82) is 0 Å². The Balaban J connectivity index is 5.01. The van der Waals surface area contributed by atoms with Gasteiger partial charge in [0.2, 0.25) is 5.91 Å². The van der Waals surface area contributed by atoms with Crippen LogP contribution in [0, 0.1) is 0 Å². The highest BCUT2D eigenvalue weighted by Crippen LogP contribution is 2.43. The van der Waals surface area contributed by atoms with E-state index in [9.17, 15) is 19.0 Å². The molecule has 0 saturated carbocycles. The first-order valence-electron chi connectivity index (χ1n) is 38.0.